The van der Waals surface area contributed by atoms with E-state index < -0.39 is 12.8 Å². The molecule has 1 unspecified atom stereocenters. The molecule has 90 valence electrons. The van der Waals surface area contributed by atoms with E-state index in [2.05, 4.69) is 4.74 Å². The number of nitrogens with two attached hydrogens (primary N) is 1. The van der Waals surface area contributed by atoms with Crippen LogP contribution in [0.15, 0.2) is 0 Å². The lowest BCUT2D eigenvalue weighted by Crippen LogP contribution is -2.45. The highest BCUT2D eigenvalue weighted by Crippen LogP contribution is 2.18. The van der Waals surface area contributed by atoms with Gasteiger partial charge in [0.05, 0.1) is 6.73 Å². The van der Waals surface area contributed by atoms with E-state index in [1.54, 1.807) is 0 Å². The predicted molar refractivity (Wildman–Crippen MR) is 50.3 cm³/mol. The van der Waals surface area contributed by atoms with Crippen molar-refractivity contribution < 1.29 is 17.9 Å². The molecule has 0 radical (unpaired) electrons. The molecule has 0 amide bonds. The molecule has 0 bridgehead atoms. The molecule has 1 rings (SSSR count). The van der Waals surface area contributed by atoms with E-state index in [0.29, 0.717) is 6.54 Å². The number of nitrogens with zero attached hydrogens (tertiary/aromatic N) is 1. The number of hydrogen-bond acceptors (Lipinski definition) is 3. The van der Waals surface area contributed by atoms with Gasteiger partial charge < -0.3 is 10.5 Å². The van der Waals surface area contributed by atoms with E-state index in [9.17, 15) is 13.2 Å². The Hall–Kier alpha value is -0.330. The molecular weight excluding hydrogens is 209 g/mol. The zero-order valence-corrected chi connectivity index (χ0v) is 8.59. The number of halogens is 3. The van der Waals surface area contributed by atoms with Gasteiger partial charge in [-0.15, -0.1) is 0 Å². The van der Waals surface area contributed by atoms with Crippen LogP contribution in [0.1, 0.15) is 19.3 Å². The third kappa shape index (κ3) is 4.81. The van der Waals surface area contributed by atoms with E-state index in [1.165, 1.54) is 0 Å². The van der Waals surface area contributed by atoms with E-state index in [0.717, 1.165) is 25.8 Å². The lowest BCUT2D eigenvalue weighted by molar-refractivity contribution is -0.186. The molecule has 1 fully saturated rings. The van der Waals surface area contributed by atoms with E-state index >= 15 is 0 Å². The zero-order chi connectivity index (χ0) is 11.3. The predicted octanol–water partition coefficient (Wildman–Crippen LogP) is 1.34. The average Bonchev–Trinajstić information content (AvgIpc) is 2.16. The van der Waals surface area contributed by atoms with Gasteiger partial charge in [-0.25, -0.2) is 0 Å². The molecule has 6 heteroatoms. The molecule has 1 heterocycles. The SMILES string of the molecule is NCC1CCCCN1COCC(F)(F)F. The third-order valence-electron chi connectivity index (χ3n) is 2.54. The Kier molecular flexibility index (Phi) is 4.82. The molecule has 1 aliphatic rings. The largest absolute Gasteiger partial charge is 0.411 e. The summed E-state index contributed by atoms with van der Waals surface area (Å²) in [5.41, 5.74) is 5.53. The summed E-state index contributed by atoms with van der Waals surface area (Å²) in [4.78, 5) is 1.88. The molecule has 3 nitrogen and oxygen atoms in total. The summed E-state index contributed by atoms with van der Waals surface area (Å²) >= 11 is 0. The van der Waals surface area contributed by atoms with E-state index in [1.807, 2.05) is 4.90 Å². The van der Waals surface area contributed by atoms with Crippen LogP contribution in [0.4, 0.5) is 13.2 Å². The second-order valence-corrected chi connectivity index (χ2v) is 3.79. The van der Waals surface area contributed by atoms with Gasteiger partial charge in [-0.2, -0.15) is 13.2 Å². The second kappa shape index (κ2) is 5.67. The molecule has 0 saturated carbocycles. The third-order valence-corrected chi connectivity index (χ3v) is 2.54. The van der Waals surface area contributed by atoms with Crippen molar-refractivity contribution in [3.05, 3.63) is 0 Å². The first-order valence-corrected chi connectivity index (χ1v) is 5.11. The Morgan fingerprint density at radius 3 is 2.67 bits per heavy atom. The van der Waals surface area contributed by atoms with Gasteiger partial charge in [0.15, 0.2) is 0 Å². The molecule has 2 N–H and O–H groups in total. The highest BCUT2D eigenvalue weighted by molar-refractivity contribution is 4.75. The summed E-state index contributed by atoms with van der Waals surface area (Å²) in [6.07, 6.45) is -1.19. The maximum absolute atomic E-state index is 11.8. The monoisotopic (exact) mass is 226 g/mol. The van der Waals surface area contributed by atoms with Crippen molar-refractivity contribution >= 4 is 0 Å². The minimum atomic E-state index is -4.24. The summed E-state index contributed by atoms with van der Waals surface area (Å²) in [6, 6.07) is 0.173. The van der Waals surface area contributed by atoms with Gasteiger partial charge in [0.1, 0.15) is 6.61 Å². The van der Waals surface area contributed by atoms with Crippen molar-refractivity contribution in [1.29, 1.82) is 0 Å². The van der Waals surface area contributed by atoms with Crippen LogP contribution in [0, 0.1) is 0 Å². The summed E-state index contributed by atoms with van der Waals surface area (Å²) in [5.74, 6) is 0. The standard InChI is InChI=1S/C9H17F3N2O/c10-9(11,12)6-15-7-14-4-2-1-3-8(14)5-13/h8H,1-7,13H2. The van der Waals surface area contributed by atoms with Crippen LogP contribution in [0.3, 0.4) is 0 Å². The van der Waals surface area contributed by atoms with Crippen molar-refractivity contribution in [2.45, 2.75) is 31.5 Å². The van der Waals surface area contributed by atoms with Crippen LogP contribution in [0.2, 0.25) is 0 Å². The average molecular weight is 226 g/mol. The van der Waals surface area contributed by atoms with Crippen molar-refractivity contribution in [3.63, 3.8) is 0 Å². The van der Waals surface area contributed by atoms with Crippen molar-refractivity contribution in [2.24, 2.45) is 5.73 Å². The fourth-order valence-corrected chi connectivity index (χ4v) is 1.78. The summed E-state index contributed by atoms with van der Waals surface area (Å²) in [6.45, 7) is 0.108. The first-order chi connectivity index (χ1) is 7.03. The fraction of sp³-hybridized carbons (Fsp3) is 1.00. The molecule has 1 saturated heterocycles. The van der Waals surface area contributed by atoms with Crippen LogP contribution in [-0.2, 0) is 4.74 Å². The molecule has 0 spiro atoms. The van der Waals surface area contributed by atoms with Crippen LogP contribution in [0.25, 0.3) is 0 Å². The lowest BCUT2D eigenvalue weighted by Gasteiger charge is -2.34. The van der Waals surface area contributed by atoms with E-state index in [-0.39, 0.29) is 12.8 Å². The van der Waals surface area contributed by atoms with Gasteiger partial charge in [0, 0.05) is 19.1 Å². The highest BCUT2D eigenvalue weighted by Gasteiger charge is 2.28. The van der Waals surface area contributed by atoms with Crippen LogP contribution < -0.4 is 5.73 Å². The smallest absolute Gasteiger partial charge is 0.357 e. The molecule has 0 aromatic carbocycles. The number of hydrogen-bond donors (Lipinski definition) is 1. The van der Waals surface area contributed by atoms with Crippen LogP contribution >= 0.6 is 0 Å². The quantitative estimate of drug-likeness (QED) is 0.786. The summed E-state index contributed by atoms with van der Waals surface area (Å²) in [5, 5.41) is 0. The zero-order valence-electron chi connectivity index (χ0n) is 8.59. The van der Waals surface area contributed by atoms with Crippen molar-refractivity contribution in [1.82, 2.24) is 4.90 Å². The maximum atomic E-state index is 11.8. The Balaban J connectivity index is 2.23. The number of ether oxygens (including phenoxy) is 1. The van der Waals surface area contributed by atoms with Crippen LogP contribution in [-0.4, -0.2) is 43.5 Å². The number of likely N-dealkylation sites (tertiary alicyclic amines) is 1. The van der Waals surface area contributed by atoms with Crippen LogP contribution in [0.5, 0.6) is 0 Å². The topological polar surface area (TPSA) is 38.5 Å². The minimum absolute atomic E-state index is 0.0291. The van der Waals surface area contributed by atoms with Gasteiger partial charge in [0.2, 0.25) is 0 Å². The van der Waals surface area contributed by atoms with Gasteiger partial charge in [-0.05, 0) is 12.8 Å². The minimum Gasteiger partial charge on any atom is -0.357 e. The van der Waals surface area contributed by atoms with Gasteiger partial charge in [-0.1, -0.05) is 6.42 Å². The number of piperidine rings is 1. The first kappa shape index (κ1) is 12.7. The normalized spacial score (nSPS) is 24.4. The van der Waals surface area contributed by atoms with Crippen molar-refractivity contribution in [3.8, 4) is 0 Å². The molecule has 0 aliphatic carbocycles. The Morgan fingerprint density at radius 2 is 2.07 bits per heavy atom. The van der Waals surface area contributed by atoms with E-state index in [4.69, 9.17) is 5.73 Å². The molecule has 0 aromatic rings. The van der Waals surface area contributed by atoms with Gasteiger partial charge in [-0.3, -0.25) is 4.90 Å². The van der Waals surface area contributed by atoms with Gasteiger partial charge >= 0.3 is 6.18 Å². The summed E-state index contributed by atoms with van der Waals surface area (Å²) < 4.78 is 40.1. The highest BCUT2D eigenvalue weighted by atomic mass is 19.4. The second-order valence-electron chi connectivity index (χ2n) is 3.79. The fourth-order valence-electron chi connectivity index (χ4n) is 1.78. The molecular formula is C9H17F3N2O. The number of rotatable bonds is 4. The molecule has 1 atom stereocenters. The lowest BCUT2D eigenvalue weighted by atomic mass is 10.0. The molecule has 1 aliphatic heterocycles. The Bertz CT molecular complexity index is 187. The maximum Gasteiger partial charge on any atom is 0.411 e. The Labute approximate surface area is 87.4 Å². The Morgan fingerprint density at radius 1 is 1.33 bits per heavy atom. The first-order valence-electron chi connectivity index (χ1n) is 5.11. The van der Waals surface area contributed by atoms with Gasteiger partial charge in [0.25, 0.3) is 0 Å². The summed E-state index contributed by atoms with van der Waals surface area (Å²) in [7, 11) is 0. The molecule has 0 aromatic heterocycles. The molecule has 15 heavy (non-hydrogen) atoms. The number of alkyl halides is 3. The van der Waals surface area contributed by atoms with Crippen molar-refractivity contribution in [2.75, 3.05) is 26.4 Å².